The van der Waals surface area contributed by atoms with Crippen LogP contribution in [0.15, 0.2) is 30.3 Å². The summed E-state index contributed by atoms with van der Waals surface area (Å²) in [5, 5.41) is 0. The fraction of sp³-hybridized carbons (Fsp3) is 0.579. The summed E-state index contributed by atoms with van der Waals surface area (Å²) < 4.78 is 5.53. The number of hydrogen-bond donors (Lipinski definition) is 0. The number of anilines is 1. The van der Waals surface area contributed by atoms with E-state index in [2.05, 4.69) is 4.90 Å². The van der Waals surface area contributed by atoms with Gasteiger partial charge in [-0.3, -0.25) is 4.79 Å². The van der Waals surface area contributed by atoms with Crippen molar-refractivity contribution < 1.29 is 14.3 Å². The van der Waals surface area contributed by atoms with Gasteiger partial charge < -0.3 is 19.4 Å². The van der Waals surface area contributed by atoms with E-state index in [1.165, 1.54) is 0 Å². The van der Waals surface area contributed by atoms with Crippen molar-refractivity contribution in [2.75, 3.05) is 31.7 Å². The molecule has 1 unspecified atom stereocenters. The lowest BCUT2D eigenvalue weighted by Crippen LogP contribution is -2.61. The molecule has 2 aliphatic heterocycles. The first-order valence-corrected chi connectivity index (χ1v) is 8.79. The Morgan fingerprint density at radius 3 is 2.52 bits per heavy atom. The van der Waals surface area contributed by atoms with Crippen LogP contribution in [0.4, 0.5) is 10.5 Å². The molecule has 0 radical (unpaired) electrons. The van der Waals surface area contributed by atoms with Crippen LogP contribution in [0.2, 0.25) is 0 Å². The topological polar surface area (TPSA) is 53.1 Å². The molecule has 2 amide bonds. The Labute approximate surface area is 149 Å². The summed E-state index contributed by atoms with van der Waals surface area (Å²) in [4.78, 5) is 31.1. The summed E-state index contributed by atoms with van der Waals surface area (Å²) in [6.45, 7) is 7.08. The van der Waals surface area contributed by atoms with Crippen LogP contribution in [-0.2, 0) is 9.53 Å². The standard InChI is InChI=1S/C19H27N3O3/c1-18(2,3)25-17(24)21-12-8-11-19(13-21)16(23)20(4)14-22(19)15-9-6-5-7-10-15/h5-7,9-10H,8,11-14H2,1-4H3. The molecule has 136 valence electrons. The van der Waals surface area contributed by atoms with Gasteiger partial charge in [0.2, 0.25) is 0 Å². The number of piperidine rings is 1. The number of carbonyl (C=O) groups is 2. The molecule has 0 aromatic heterocycles. The molecule has 2 aliphatic rings. The largest absolute Gasteiger partial charge is 0.444 e. The summed E-state index contributed by atoms with van der Waals surface area (Å²) in [5.41, 5.74) is -0.242. The van der Waals surface area contributed by atoms with Crippen LogP contribution in [0.25, 0.3) is 0 Å². The highest BCUT2D eigenvalue weighted by Crippen LogP contribution is 2.38. The number of carbonyl (C=O) groups excluding carboxylic acids is 2. The maximum Gasteiger partial charge on any atom is 0.410 e. The number of rotatable bonds is 1. The quantitative estimate of drug-likeness (QED) is 0.785. The van der Waals surface area contributed by atoms with Gasteiger partial charge in [-0.05, 0) is 45.7 Å². The minimum atomic E-state index is -0.703. The monoisotopic (exact) mass is 345 g/mol. The zero-order valence-corrected chi connectivity index (χ0v) is 15.5. The smallest absolute Gasteiger partial charge is 0.410 e. The van der Waals surface area contributed by atoms with Crippen molar-refractivity contribution in [2.45, 2.75) is 44.8 Å². The van der Waals surface area contributed by atoms with Gasteiger partial charge in [-0.1, -0.05) is 18.2 Å². The van der Waals surface area contributed by atoms with E-state index in [-0.39, 0.29) is 12.0 Å². The Kier molecular flexibility index (Phi) is 4.39. The number of likely N-dealkylation sites (N-methyl/N-ethyl adjacent to an activating group) is 1. The minimum Gasteiger partial charge on any atom is -0.444 e. The van der Waals surface area contributed by atoms with Gasteiger partial charge in [-0.2, -0.15) is 0 Å². The number of benzene rings is 1. The number of para-hydroxylation sites is 1. The average Bonchev–Trinajstić information content (AvgIpc) is 2.79. The third kappa shape index (κ3) is 3.30. The van der Waals surface area contributed by atoms with Crippen LogP contribution in [0.3, 0.4) is 0 Å². The van der Waals surface area contributed by atoms with Crippen molar-refractivity contribution in [1.29, 1.82) is 0 Å². The second-order valence-corrected chi connectivity index (χ2v) is 7.95. The second kappa shape index (κ2) is 6.24. The van der Waals surface area contributed by atoms with Crippen LogP contribution in [0.1, 0.15) is 33.6 Å². The lowest BCUT2D eigenvalue weighted by atomic mass is 9.87. The van der Waals surface area contributed by atoms with Crippen LogP contribution >= 0.6 is 0 Å². The first-order valence-electron chi connectivity index (χ1n) is 8.79. The van der Waals surface area contributed by atoms with Gasteiger partial charge in [0.05, 0.1) is 13.2 Å². The first kappa shape index (κ1) is 17.6. The molecule has 1 aromatic rings. The van der Waals surface area contributed by atoms with E-state index in [1.807, 2.05) is 58.2 Å². The Bertz CT molecular complexity index is 656. The maximum atomic E-state index is 13.0. The Morgan fingerprint density at radius 1 is 1.20 bits per heavy atom. The van der Waals surface area contributed by atoms with Gasteiger partial charge in [0.1, 0.15) is 11.1 Å². The maximum absolute atomic E-state index is 13.0. The van der Waals surface area contributed by atoms with Crippen molar-refractivity contribution in [3.8, 4) is 0 Å². The van der Waals surface area contributed by atoms with E-state index < -0.39 is 11.1 Å². The van der Waals surface area contributed by atoms with Gasteiger partial charge in [-0.25, -0.2) is 4.79 Å². The molecule has 6 nitrogen and oxygen atoms in total. The third-order valence-electron chi connectivity index (χ3n) is 4.81. The van der Waals surface area contributed by atoms with Crippen LogP contribution in [-0.4, -0.2) is 59.7 Å². The summed E-state index contributed by atoms with van der Waals surface area (Å²) in [6, 6.07) is 9.94. The number of likely N-dealkylation sites (tertiary alicyclic amines) is 1. The zero-order valence-electron chi connectivity index (χ0n) is 15.5. The van der Waals surface area contributed by atoms with Crippen molar-refractivity contribution >= 4 is 17.7 Å². The number of nitrogens with zero attached hydrogens (tertiary/aromatic N) is 3. The van der Waals surface area contributed by atoms with E-state index in [0.717, 1.165) is 18.5 Å². The highest BCUT2D eigenvalue weighted by molar-refractivity contribution is 5.94. The minimum absolute atomic E-state index is 0.0737. The predicted octanol–water partition coefficient (Wildman–Crippen LogP) is 2.69. The van der Waals surface area contributed by atoms with Crippen LogP contribution in [0, 0.1) is 0 Å². The summed E-state index contributed by atoms with van der Waals surface area (Å²) >= 11 is 0. The first-order chi connectivity index (χ1) is 11.7. The second-order valence-electron chi connectivity index (χ2n) is 7.95. The molecule has 25 heavy (non-hydrogen) atoms. The molecule has 2 saturated heterocycles. The van der Waals surface area contributed by atoms with Gasteiger partial charge in [-0.15, -0.1) is 0 Å². The van der Waals surface area contributed by atoms with Gasteiger partial charge >= 0.3 is 6.09 Å². The average molecular weight is 345 g/mol. The molecule has 1 aromatic carbocycles. The van der Waals surface area contributed by atoms with E-state index in [0.29, 0.717) is 19.8 Å². The molecule has 0 bridgehead atoms. The molecule has 3 rings (SSSR count). The summed E-state index contributed by atoms with van der Waals surface area (Å²) in [7, 11) is 1.82. The normalized spacial score (nSPS) is 24.2. The van der Waals surface area contributed by atoms with Crippen molar-refractivity contribution in [2.24, 2.45) is 0 Å². The molecule has 1 atom stereocenters. The van der Waals surface area contributed by atoms with Gasteiger partial charge in [0.25, 0.3) is 5.91 Å². The van der Waals surface area contributed by atoms with E-state index in [4.69, 9.17) is 4.74 Å². The lowest BCUT2D eigenvalue weighted by molar-refractivity contribution is -0.132. The van der Waals surface area contributed by atoms with Crippen LogP contribution in [0.5, 0.6) is 0 Å². The molecule has 1 spiro atoms. The van der Waals surface area contributed by atoms with Crippen molar-refractivity contribution in [3.63, 3.8) is 0 Å². The molecule has 0 aliphatic carbocycles. The molecular weight excluding hydrogens is 318 g/mol. The third-order valence-corrected chi connectivity index (χ3v) is 4.81. The Hall–Kier alpha value is -2.24. The number of amides is 2. The molecule has 6 heteroatoms. The molecule has 0 saturated carbocycles. The highest BCUT2D eigenvalue weighted by Gasteiger charge is 2.54. The van der Waals surface area contributed by atoms with Crippen molar-refractivity contribution in [1.82, 2.24) is 9.80 Å². The number of hydrogen-bond acceptors (Lipinski definition) is 4. The molecule has 0 N–H and O–H groups in total. The Morgan fingerprint density at radius 2 is 1.88 bits per heavy atom. The van der Waals surface area contributed by atoms with E-state index >= 15 is 0 Å². The summed E-state index contributed by atoms with van der Waals surface area (Å²) in [6.07, 6.45) is 1.17. The van der Waals surface area contributed by atoms with Crippen LogP contribution < -0.4 is 4.90 Å². The molecular formula is C19H27N3O3. The molecule has 2 heterocycles. The fourth-order valence-electron chi connectivity index (χ4n) is 3.73. The number of ether oxygens (including phenoxy) is 1. The Balaban J connectivity index is 1.89. The predicted molar refractivity (Wildman–Crippen MR) is 96.3 cm³/mol. The fourth-order valence-corrected chi connectivity index (χ4v) is 3.73. The van der Waals surface area contributed by atoms with Gasteiger partial charge in [0.15, 0.2) is 0 Å². The lowest BCUT2D eigenvalue weighted by Gasteiger charge is -2.44. The van der Waals surface area contributed by atoms with E-state index in [1.54, 1.807) is 9.80 Å². The van der Waals surface area contributed by atoms with Crippen molar-refractivity contribution in [3.05, 3.63) is 30.3 Å². The zero-order chi connectivity index (χ0) is 18.2. The highest BCUT2D eigenvalue weighted by atomic mass is 16.6. The van der Waals surface area contributed by atoms with E-state index in [9.17, 15) is 9.59 Å². The molecule has 2 fully saturated rings. The van der Waals surface area contributed by atoms with Gasteiger partial charge in [0, 0.05) is 19.3 Å². The summed E-state index contributed by atoms with van der Waals surface area (Å²) in [5.74, 6) is 0.0737. The SMILES string of the molecule is CN1CN(c2ccccc2)C2(CCCN(C(=O)OC(C)(C)C)C2)C1=O.